The van der Waals surface area contributed by atoms with Crippen molar-refractivity contribution in [2.45, 2.75) is 52.2 Å². The van der Waals surface area contributed by atoms with Gasteiger partial charge in [-0.15, -0.1) is 0 Å². The second kappa shape index (κ2) is 7.58. The average molecular weight is 217 g/mol. The van der Waals surface area contributed by atoms with Crippen molar-refractivity contribution in [1.29, 1.82) is 0 Å². The molecule has 14 heavy (non-hydrogen) atoms. The maximum Gasteiger partial charge on any atom is 0.00755 e. The molecule has 2 heteroatoms. The fourth-order valence-corrected chi connectivity index (χ4v) is 2.05. The van der Waals surface area contributed by atoms with Gasteiger partial charge in [0.25, 0.3) is 0 Å². The molecule has 0 spiro atoms. The van der Waals surface area contributed by atoms with E-state index >= 15 is 0 Å². The molecule has 0 heterocycles. The lowest BCUT2D eigenvalue weighted by molar-refractivity contribution is 0.534. The minimum absolute atomic E-state index is 0.416. The second-order valence-electron chi connectivity index (χ2n) is 5.25. The first-order valence-corrected chi connectivity index (χ1v) is 6.75. The van der Waals surface area contributed by atoms with Gasteiger partial charge in [0.15, 0.2) is 0 Å². The van der Waals surface area contributed by atoms with E-state index in [1.54, 1.807) is 0 Å². The number of thioether (sulfide) groups is 1. The number of hydrogen-bond acceptors (Lipinski definition) is 2. The van der Waals surface area contributed by atoms with Gasteiger partial charge in [0.1, 0.15) is 0 Å². The first-order valence-electron chi connectivity index (χ1n) is 5.76. The van der Waals surface area contributed by atoms with Crippen molar-refractivity contribution in [1.82, 2.24) is 5.32 Å². The third kappa shape index (κ3) is 12.3. The Morgan fingerprint density at radius 3 is 2.29 bits per heavy atom. The quantitative estimate of drug-likeness (QED) is 0.655. The van der Waals surface area contributed by atoms with Gasteiger partial charge >= 0.3 is 0 Å². The Morgan fingerprint density at radius 1 is 1.14 bits per heavy atom. The maximum atomic E-state index is 3.49. The summed E-state index contributed by atoms with van der Waals surface area (Å²) in [6.07, 6.45) is 2.66. The summed E-state index contributed by atoms with van der Waals surface area (Å²) < 4.78 is 0.416. The van der Waals surface area contributed by atoms with E-state index in [0.717, 1.165) is 12.5 Å². The van der Waals surface area contributed by atoms with Gasteiger partial charge in [-0.05, 0) is 25.3 Å². The van der Waals surface area contributed by atoms with Crippen LogP contribution in [0.15, 0.2) is 0 Å². The maximum absolute atomic E-state index is 3.49. The normalized spacial score (nSPS) is 12.4. The highest BCUT2D eigenvalue weighted by atomic mass is 32.2. The van der Waals surface area contributed by atoms with Crippen LogP contribution in [0.25, 0.3) is 0 Å². The second-order valence-corrected chi connectivity index (χ2v) is 7.17. The van der Waals surface area contributed by atoms with Crippen molar-refractivity contribution < 1.29 is 0 Å². The van der Waals surface area contributed by atoms with Crippen molar-refractivity contribution in [3.05, 3.63) is 0 Å². The lowest BCUT2D eigenvalue weighted by Gasteiger charge is -2.17. The van der Waals surface area contributed by atoms with Crippen LogP contribution in [0.4, 0.5) is 0 Å². The van der Waals surface area contributed by atoms with Gasteiger partial charge in [0.05, 0.1) is 0 Å². The van der Waals surface area contributed by atoms with E-state index in [1.807, 2.05) is 11.8 Å². The summed E-state index contributed by atoms with van der Waals surface area (Å²) in [4.78, 5) is 0. The molecule has 0 aromatic carbocycles. The zero-order chi connectivity index (χ0) is 11.0. The summed E-state index contributed by atoms with van der Waals surface area (Å²) in [5, 5.41) is 3.49. The zero-order valence-corrected chi connectivity index (χ0v) is 11.3. The summed E-state index contributed by atoms with van der Waals surface area (Å²) in [5.41, 5.74) is 0. The summed E-state index contributed by atoms with van der Waals surface area (Å²) >= 11 is 2.04. The van der Waals surface area contributed by atoms with E-state index in [2.05, 4.69) is 39.9 Å². The fourth-order valence-electron chi connectivity index (χ4n) is 1.19. The molecule has 1 N–H and O–H groups in total. The minimum atomic E-state index is 0.416. The highest BCUT2D eigenvalue weighted by Crippen LogP contribution is 2.21. The molecule has 0 saturated heterocycles. The van der Waals surface area contributed by atoms with Crippen molar-refractivity contribution in [2.24, 2.45) is 5.92 Å². The molecule has 0 amide bonds. The van der Waals surface area contributed by atoms with Crippen LogP contribution in [0.3, 0.4) is 0 Å². The summed E-state index contributed by atoms with van der Waals surface area (Å²) in [6.45, 7) is 13.7. The zero-order valence-electron chi connectivity index (χ0n) is 10.5. The topological polar surface area (TPSA) is 12.0 Å². The lowest BCUT2D eigenvalue weighted by Crippen LogP contribution is -2.21. The molecule has 0 radical (unpaired) electrons. The van der Waals surface area contributed by atoms with Crippen LogP contribution in [-0.4, -0.2) is 23.6 Å². The third-order valence-electron chi connectivity index (χ3n) is 1.95. The molecule has 86 valence electrons. The summed E-state index contributed by atoms with van der Waals surface area (Å²) in [5.74, 6) is 2.08. The molecule has 0 saturated carbocycles. The van der Waals surface area contributed by atoms with Crippen LogP contribution in [0, 0.1) is 5.92 Å². The molecular formula is C12H27NS. The van der Waals surface area contributed by atoms with Gasteiger partial charge in [-0.2, -0.15) is 11.8 Å². The van der Waals surface area contributed by atoms with E-state index < -0.39 is 0 Å². The number of nitrogens with one attached hydrogen (secondary N) is 1. The molecule has 0 aliphatic carbocycles. The minimum Gasteiger partial charge on any atom is -0.316 e. The van der Waals surface area contributed by atoms with Gasteiger partial charge in [0, 0.05) is 17.0 Å². The largest absolute Gasteiger partial charge is 0.316 e. The Kier molecular flexibility index (Phi) is 7.75. The van der Waals surface area contributed by atoms with Crippen molar-refractivity contribution >= 4 is 11.8 Å². The predicted octanol–water partition coefficient (Wildman–Crippen LogP) is 3.54. The standard InChI is InChI=1S/C12H27NS/c1-11(2)7-6-8-13-9-10-14-12(3,4)5/h11,13H,6-10H2,1-5H3. The molecule has 0 fully saturated rings. The van der Waals surface area contributed by atoms with E-state index in [-0.39, 0.29) is 0 Å². The average Bonchev–Trinajstić information content (AvgIpc) is 2.00. The molecule has 0 aromatic rings. The SMILES string of the molecule is CC(C)CCCNCCSC(C)(C)C. The Hall–Kier alpha value is 0.310. The van der Waals surface area contributed by atoms with E-state index in [9.17, 15) is 0 Å². The third-order valence-corrected chi connectivity index (χ3v) is 3.22. The highest BCUT2D eigenvalue weighted by molar-refractivity contribution is 8.00. The first kappa shape index (κ1) is 14.3. The smallest absolute Gasteiger partial charge is 0.00755 e. The predicted molar refractivity (Wildman–Crippen MR) is 69.2 cm³/mol. The number of hydrogen-bond donors (Lipinski definition) is 1. The van der Waals surface area contributed by atoms with Crippen molar-refractivity contribution in [2.75, 3.05) is 18.8 Å². The van der Waals surface area contributed by atoms with Crippen LogP contribution in [-0.2, 0) is 0 Å². The molecule has 0 aliphatic rings. The highest BCUT2D eigenvalue weighted by Gasteiger charge is 2.08. The monoisotopic (exact) mass is 217 g/mol. The van der Waals surface area contributed by atoms with Crippen LogP contribution in [0.2, 0.25) is 0 Å². The van der Waals surface area contributed by atoms with E-state index in [4.69, 9.17) is 0 Å². The number of rotatable bonds is 7. The Labute approximate surface area is 94.4 Å². The first-order chi connectivity index (χ1) is 6.42. The molecule has 0 aromatic heterocycles. The van der Waals surface area contributed by atoms with E-state index in [0.29, 0.717) is 4.75 Å². The summed E-state index contributed by atoms with van der Waals surface area (Å²) in [7, 11) is 0. The van der Waals surface area contributed by atoms with E-state index in [1.165, 1.54) is 25.1 Å². The summed E-state index contributed by atoms with van der Waals surface area (Å²) in [6, 6.07) is 0. The van der Waals surface area contributed by atoms with Gasteiger partial charge in [-0.25, -0.2) is 0 Å². The molecular weight excluding hydrogens is 190 g/mol. The van der Waals surface area contributed by atoms with Crippen LogP contribution in [0.5, 0.6) is 0 Å². The molecule has 0 bridgehead atoms. The lowest BCUT2D eigenvalue weighted by atomic mass is 10.1. The Morgan fingerprint density at radius 2 is 1.79 bits per heavy atom. The Balaban J connectivity index is 3.07. The van der Waals surface area contributed by atoms with Gasteiger partial charge < -0.3 is 5.32 Å². The fraction of sp³-hybridized carbons (Fsp3) is 1.00. The van der Waals surface area contributed by atoms with Gasteiger partial charge in [-0.3, -0.25) is 0 Å². The molecule has 1 nitrogen and oxygen atoms in total. The van der Waals surface area contributed by atoms with Crippen molar-refractivity contribution in [3.8, 4) is 0 Å². The Bertz CT molecular complexity index is 127. The van der Waals surface area contributed by atoms with Crippen molar-refractivity contribution in [3.63, 3.8) is 0 Å². The molecule has 0 aliphatic heterocycles. The van der Waals surface area contributed by atoms with Gasteiger partial charge in [0.2, 0.25) is 0 Å². The van der Waals surface area contributed by atoms with Gasteiger partial charge in [-0.1, -0.05) is 34.6 Å². The van der Waals surface area contributed by atoms with Crippen LogP contribution in [0.1, 0.15) is 47.5 Å². The molecule has 0 unspecified atom stereocenters. The van der Waals surface area contributed by atoms with Crippen LogP contribution < -0.4 is 5.32 Å². The van der Waals surface area contributed by atoms with Crippen LogP contribution >= 0.6 is 11.8 Å². The molecule has 0 rings (SSSR count). The molecule has 0 atom stereocenters.